The summed E-state index contributed by atoms with van der Waals surface area (Å²) in [6.07, 6.45) is 5.85. The minimum Gasteiger partial charge on any atom is -0.313 e. The minimum atomic E-state index is 0.341. The van der Waals surface area contributed by atoms with Gasteiger partial charge in [-0.3, -0.25) is 9.67 Å². The molecule has 0 aliphatic rings. The molecule has 1 N–H and O–H groups in total. The first-order chi connectivity index (χ1) is 8.70. The summed E-state index contributed by atoms with van der Waals surface area (Å²) in [5.74, 6) is 0. The van der Waals surface area contributed by atoms with Crippen LogP contribution in [0, 0.1) is 6.92 Å². The zero-order chi connectivity index (χ0) is 13.0. The number of aromatic nitrogens is 3. The first-order valence-corrected chi connectivity index (χ1v) is 6.27. The van der Waals surface area contributed by atoms with E-state index >= 15 is 0 Å². The summed E-state index contributed by atoms with van der Waals surface area (Å²) >= 11 is 0. The summed E-state index contributed by atoms with van der Waals surface area (Å²) in [4.78, 5) is 4.35. The van der Waals surface area contributed by atoms with Crippen molar-refractivity contribution < 1.29 is 0 Å². The van der Waals surface area contributed by atoms with Gasteiger partial charge in [-0.15, -0.1) is 0 Å². The molecule has 0 spiro atoms. The van der Waals surface area contributed by atoms with Crippen LogP contribution in [-0.4, -0.2) is 21.8 Å². The van der Waals surface area contributed by atoms with E-state index in [2.05, 4.69) is 33.6 Å². The predicted molar refractivity (Wildman–Crippen MR) is 72.3 cm³/mol. The lowest BCUT2D eigenvalue weighted by Gasteiger charge is -2.16. The molecular formula is C14H20N4. The largest absolute Gasteiger partial charge is 0.313 e. The van der Waals surface area contributed by atoms with Gasteiger partial charge in [0.05, 0.1) is 0 Å². The van der Waals surface area contributed by atoms with Gasteiger partial charge < -0.3 is 5.32 Å². The molecule has 2 heterocycles. The van der Waals surface area contributed by atoms with Crippen LogP contribution in [0.15, 0.2) is 30.6 Å². The van der Waals surface area contributed by atoms with Gasteiger partial charge in [-0.1, -0.05) is 6.07 Å². The number of nitrogens with one attached hydrogen (secondary N) is 1. The zero-order valence-corrected chi connectivity index (χ0v) is 11.2. The standard InChI is InChI=1S/C14H20N4/c1-11-4-5-12(10-16-11)14(15-2)7-6-13-8-9-17-18(13)3/h4-5,8-10,14-15H,6-7H2,1-3H3. The summed E-state index contributed by atoms with van der Waals surface area (Å²) in [6.45, 7) is 2.01. The molecule has 1 unspecified atom stereocenters. The Kier molecular flexibility index (Phi) is 4.10. The topological polar surface area (TPSA) is 42.7 Å². The molecule has 0 aromatic carbocycles. The fourth-order valence-corrected chi connectivity index (χ4v) is 2.10. The second-order valence-corrected chi connectivity index (χ2v) is 4.56. The maximum absolute atomic E-state index is 4.35. The van der Waals surface area contributed by atoms with Crippen molar-refractivity contribution in [1.82, 2.24) is 20.1 Å². The van der Waals surface area contributed by atoms with Crippen molar-refractivity contribution in [2.45, 2.75) is 25.8 Å². The first kappa shape index (κ1) is 12.8. The van der Waals surface area contributed by atoms with E-state index in [0.29, 0.717) is 6.04 Å². The number of hydrogen-bond acceptors (Lipinski definition) is 3. The molecule has 0 radical (unpaired) electrons. The van der Waals surface area contributed by atoms with E-state index in [4.69, 9.17) is 0 Å². The molecule has 18 heavy (non-hydrogen) atoms. The number of nitrogens with zero attached hydrogens (tertiary/aromatic N) is 3. The molecule has 0 bridgehead atoms. The Hall–Kier alpha value is -1.68. The molecular weight excluding hydrogens is 224 g/mol. The van der Waals surface area contributed by atoms with Gasteiger partial charge in [0.25, 0.3) is 0 Å². The van der Waals surface area contributed by atoms with E-state index in [1.54, 1.807) is 0 Å². The number of aryl methyl sites for hydroxylation is 3. The van der Waals surface area contributed by atoms with Crippen LogP contribution in [0.4, 0.5) is 0 Å². The molecule has 4 heteroatoms. The molecule has 96 valence electrons. The van der Waals surface area contributed by atoms with Crippen molar-refractivity contribution in [3.8, 4) is 0 Å². The van der Waals surface area contributed by atoms with Crippen molar-refractivity contribution in [2.24, 2.45) is 7.05 Å². The third-order valence-electron chi connectivity index (χ3n) is 3.30. The molecule has 2 rings (SSSR count). The molecule has 0 aliphatic heterocycles. The smallest absolute Gasteiger partial charge is 0.0492 e. The van der Waals surface area contributed by atoms with Gasteiger partial charge in [0.2, 0.25) is 0 Å². The maximum Gasteiger partial charge on any atom is 0.0492 e. The average Bonchev–Trinajstić information content (AvgIpc) is 2.78. The van der Waals surface area contributed by atoms with Crippen molar-refractivity contribution in [1.29, 1.82) is 0 Å². The predicted octanol–water partition coefficient (Wildman–Crippen LogP) is 2.02. The summed E-state index contributed by atoms with van der Waals surface area (Å²) < 4.78 is 1.93. The highest BCUT2D eigenvalue weighted by molar-refractivity contribution is 5.17. The number of rotatable bonds is 5. The summed E-state index contributed by atoms with van der Waals surface area (Å²) in [6, 6.07) is 6.62. The fourth-order valence-electron chi connectivity index (χ4n) is 2.10. The molecule has 1 atom stereocenters. The van der Waals surface area contributed by atoms with E-state index in [1.165, 1.54) is 11.3 Å². The highest BCUT2D eigenvalue weighted by Crippen LogP contribution is 2.18. The van der Waals surface area contributed by atoms with Crippen LogP contribution in [0.1, 0.15) is 29.4 Å². The lowest BCUT2D eigenvalue weighted by molar-refractivity contribution is 0.534. The highest BCUT2D eigenvalue weighted by atomic mass is 15.2. The Labute approximate surface area is 108 Å². The maximum atomic E-state index is 4.35. The molecule has 0 amide bonds. The van der Waals surface area contributed by atoms with Gasteiger partial charge >= 0.3 is 0 Å². The van der Waals surface area contributed by atoms with E-state index in [9.17, 15) is 0 Å². The third kappa shape index (κ3) is 2.96. The second kappa shape index (κ2) is 5.78. The van der Waals surface area contributed by atoms with Gasteiger partial charge in [-0.05, 0) is 44.5 Å². The average molecular weight is 244 g/mol. The molecule has 0 aliphatic carbocycles. The van der Waals surface area contributed by atoms with Crippen molar-refractivity contribution in [3.05, 3.63) is 47.5 Å². The Morgan fingerprint density at radius 1 is 1.33 bits per heavy atom. The van der Waals surface area contributed by atoms with Crippen molar-refractivity contribution in [2.75, 3.05) is 7.05 Å². The van der Waals surface area contributed by atoms with Crippen LogP contribution in [-0.2, 0) is 13.5 Å². The van der Waals surface area contributed by atoms with Gasteiger partial charge in [0.15, 0.2) is 0 Å². The fraction of sp³-hybridized carbons (Fsp3) is 0.429. The Bertz CT molecular complexity index is 487. The second-order valence-electron chi connectivity index (χ2n) is 4.56. The molecule has 0 saturated carbocycles. The van der Waals surface area contributed by atoms with E-state index < -0.39 is 0 Å². The Morgan fingerprint density at radius 2 is 2.17 bits per heavy atom. The lowest BCUT2D eigenvalue weighted by atomic mass is 10.0. The van der Waals surface area contributed by atoms with E-state index in [0.717, 1.165) is 18.5 Å². The van der Waals surface area contributed by atoms with Crippen molar-refractivity contribution >= 4 is 0 Å². The van der Waals surface area contributed by atoms with E-state index in [1.807, 2.05) is 38.1 Å². The van der Waals surface area contributed by atoms with Gasteiger partial charge in [0.1, 0.15) is 0 Å². The summed E-state index contributed by atoms with van der Waals surface area (Å²) in [5, 5.41) is 7.54. The van der Waals surface area contributed by atoms with Gasteiger partial charge in [-0.2, -0.15) is 5.10 Å². The Morgan fingerprint density at radius 3 is 2.72 bits per heavy atom. The normalized spacial score (nSPS) is 12.6. The van der Waals surface area contributed by atoms with Crippen LogP contribution < -0.4 is 5.32 Å². The first-order valence-electron chi connectivity index (χ1n) is 6.27. The molecule has 4 nitrogen and oxygen atoms in total. The minimum absolute atomic E-state index is 0.341. The molecule has 0 saturated heterocycles. The lowest BCUT2D eigenvalue weighted by Crippen LogP contribution is -2.18. The number of hydrogen-bond donors (Lipinski definition) is 1. The highest BCUT2D eigenvalue weighted by Gasteiger charge is 2.10. The molecule has 2 aromatic rings. The van der Waals surface area contributed by atoms with Crippen LogP contribution in [0.2, 0.25) is 0 Å². The van der Waals surface area contributed by atoms with E-state index in [-0.39, 0.29) is 0 Å². The van der Waals surface area contributed by atoms with Crippen LogP contribution in [0.5, 0.6) is 0 Å². The quantitative estimate of drug-likeness (QED) is 0.875. The van der Waals surface area contributed by atoms with Crippen molar-refractivity contribution in [3.63, 3.8) is 0 Å². The van der Waals surface area contributed by atoms with Crippen LogP contribution >= 0.6 is 0 Å². The zero-order valence-electron chi connectivity index (χ0n) is 11.2. The summed E-state index contributed by atoms with van der Waals surface area (Å²) in [5.41, 5.74) is 3.56. The number of pyridine rings is 1. The van der Waals surface area contributed by atoms with Gasteiger partial charge in [0, 0.05) is 36.9 Å². The SMILES string of the molecule is CNC(CCc1ccnn1C)c1ccc(C)nc1. The third-order valence-corrected chi connectivity index (χ3v) is 3.30. The van der Waals surface area contributed by atoms with Crippen LogP contribution in [0.3, 0.4) is 0 Å². The summed E-state index contributed by atoms with van der Waals surface area (Å²) in [7, 11) is 3.98. The van der Waals surface area contributed by atoms with Crippen LogP contribution in [0.25, 0.3) is 0 Å². The molecule has 0 fully saturated rings. The molecule has 2 aromatic heterocycles. The Balaban J connectivity index is 2.01. The monoisotopic (exact) mass is 244 g/mol. The van der Waals surface area contributed by atoms with Gasteiger partial charge in [-0.25, -0.2) is 0 Å².